The number of carbonyl (C=O) groups is 1. The van der Waals surface area contributed by atoms with E-state index in [-0.39, 0.29) is 11.7 Å². The largest absolute Gasteiger partial charge is 0.343 e. The van der Waals surface area contributed by atoms with Crippen LogP contribution in [0.25, 0.3) is 17.1 Å². The van der Waals surface area contributed by atoms with E-state index in [0.717, 1.165) is 11.3 Å². The van der Waals surface area contributed by atoms with Crippen LogP contribution >= 0.6 is 35.0 Å². The van der Waals surface area contributed by atoms with Crippen LogP contribution < -0.4 is 0 Å². The normalized spacial score (nSPS) is 10.9. The van der Waals surface area contributed by atoms with Gasteiger partial charge < -0.3 is 4.90 Å². The third kappa shape index (κ3) is 4.48. The Morgan fingerprint density at radius 1 is 1.14 bits per heavy atom. The number of carbonyl (C=O) groups excluding carboxylic acids is 1. The summed E-state index contributed by atoms with van der Waals surface area (Å²) in [5.74, 6) is 0.944. The number of rotatable bonds is 7. The Bertz CT molecular complexity index is 960. The van der Waals surface area contributed by atoms with E-state index in [1.807, 2.05) is 36.6 Å². The summed E-state index contributed by atoms with van der Waals surface area (Å²) in [6.45, 7) is 5.28. The molecule has 0 N–H and O–H groups in total. The lowest BCUT2D eigenvalue weighted by molar-refractivity contribution is -0.127. The molecule has 0 fully saturated rings. The average molecular weight is 436 g/mol. The molecule has 0 saturated carbocycles. The Hall–Kier alpha value is -2.09. The molecule has 2 heterocycles. The summed E-state index contributed by atoms with van der Waals surface area (Å²) < 4.78 is 1.86. The molecule has 0 aliphatic rings. The Labute approximate surface area is 177 Å². The van der Waals surface area contributed by atoms with Gasteiger partial charge in [-0.2, -0.15) is 0 Å². The van der Waals surface area contributed by atoms with E-state index in [1.54, 1.807) is 29.4 Å². The zero-order valence-corrected chi connectivity index (χ0v) is 17.8. The quantitative estimate of drug-likeness (QED) is 0.507. The van der Waals surface area contributed by atoms with Crippen LogP contribution in [-0.2, 0) is 4.79 Å². The summed E-state index contributed by atoms with van der Waals surface area (Å²) in [6.07, 6.45) is 3.41. The summed E-state index contributed by atoms with van der Waals surface area (Å²) in [5.41, 5.74) is 1.57. The predicted octanol–water partition coefficient (Wildman–Crippen LogP) is 4.60. The highest BCUT2D eigenvalue weighted by Gasteiger charge is 2.19. The average Bonchev–Trinajstić information content (AvgIpc) is 3.14. The van der Waals surface area contributed by atoms with E-state index in [9.17, 15) is 4.79 Å². The van der Waals surface area contributed by atoms with Gasteiger partial charge in [0.05, 0.1) is 21.5 Å². The van der Waals surface area contributed by atoms with Gasteiger partial charge in [-0.15, -0.1) is 10.2 Å². The van der Waals surface area contributed by atoms with Crippen molar-refractivity contribution in [2.45, 2.75) is 19.0 Å². The number of pyridine rings is 1. The summed E-state index contributed by atoms with van der Waals surface area (Å²) in [7, 11) is 0. The molecule has 0 aliphatic carbocycles. The summed E-state index contributed by atoms with van der Waals surface area (Å²) in [4.78, 5) is 18.3. The van der Waals surface area contributed by atoms with Gasteiger partial charge in [0.15, 0.2) is 11.0 Å². The number of benzene rings is 1. The molecule has 0 spiro atoms. The predicted molar refractivity (Wildman–Crippen MR) is 113 cm³/mol. The summed E-state index contributed by atoms with van der Waals surface area (Å²) >= 11 is 13.6. The minimum absolute atomic E-state index is 0.0571. The maximum atomic E-state index is 12.4. The van der Waals surface area contributed by atoms with Crippen molar-refractivity contribution in [3.05, 3.63) is 52.8 Å². The van der Waals surface area contributed by atoms with E-state index < -0.39 is 0 Å². The summed E-state index contributed by atoms with van der Waals surface area (Å²) in [6, 6.07) is 9.05. The van der Waals surface area contributed by atoms with Crippen LogP contribution in [0.5, 0.6) is 0 Å². The number of nitrogens with zero attached hydrogens (tertiary/aromatic N) is 5. The van der Waals surface area contributed by atoms with Gasteiger partial charge in [0.25, 0.3) is 0 Å². The fraction of sp³-hybridized carbons (Fsp3) is 0.263. The fourth-order valence-electron chi connectivity index (χ4n) is 2.70. The Morgan fingerprint density at radius 2 is 1.93 bits per heavy atom. The highest BCUT2D eigenvalue weighted by atomic mass is 35.5. The molecule has 3 aromatic rings. The highest BCUT2D eigenvalue weighted by molar-refractivity contribution is 7.99. The molecular weight excluding hydrogens is 417 g/mol. The van der Waals surface area contributed by atoms with Crippen LogP contribution in [0.3, 0.4) is 0 Å². The molecule has 2 aromatic heterocycles. The SMILES string of the molecule is CCN(CC)C(=O)CSc1nnc(-c2cccnc2)n1-c1ccc(Cl)c(Cl)c1. The van der Waals surface area contributed by atoms with Gasteiger partial charge in [0.1, 0.15) is 0 Å². The molecular formula is C19H19Cl2N5OS. The molecule has 28 heavy (non-hydrogen) atoms. The van der Waals surface area contributed by atoms with Crippen molar-refractivity contribution in [1.29, 1.82) is 0 Å². The number of hydrogen-bond acceptors (Lipinski definition) is 5. The van der Waals surface area contributed by atoms with Gasteiger partial charge in [-0.05, 0) is 44.2 Å². The monoisotopic (exact) mass is 435 g/mol. The van der Waals surface area contributed by atoms with E-state index in [0.29, 0.717) is 34.1 Å². The molecule has 0 radical (unpaired) electrons. The van der Waals surface area contributed by atoms with Gasteiger partial charge >= 0.3 is 0 Å². The van der Waals surface area contributed by atoms with Crippen molar-refractivity contribution in [3.8, 4) is 17.1 Å². The van der Waals surface area contributed by atoms with Crippen molar-refractivity contribution < 1.29 is 4.79 Å². The molecule has 0 bridgehead atoms. The van der Waals surface area contributed by atoms with E-state index in [1.165, 1.54) is 11.8 Å². The number of halogens is 2. The Balaban J connectivity index is 1.99. The van der Waals surface area contributed by atoms with Gasteiger partial charge in [-0.25, -0.2) is 0 Å². The molecule has 146 valence electrons. The van der Waals surface area contributed by atoms with Crippen molar-refractivity contribution in [1.82, 2.24) is 24.6 Å². The molecule has 0 saturated heterocycles. The van der Waals surface area contributed by atoms with Crippen molar-refractivity contribution in [2.75, 3.05) is 18.8 Å². The molecule has 3 rings (SSSR count). The molecule has 6 nitrogen and oxygen atoms in total. The molecule has 0 unspecified atom stereocenters. The highest BCUT2D eigenvalue weighted by Crippen LogP contribution is 2.31. The van der Waals surface area contributed by atoms with E-state index in [2.05, 4.69) is 15.2 Å². The van der Waals surface area contributed by atoms with Crippen molar-refractivity contribution in [2.24, 2.45) is 0 Å². The third-order valence-corrected chi connectivity index (χ3v) is 5.81. The van der Waals surface area contributed by atoms with Crippen LogP contribution in [-0.4, -0.2) is 49.4 Å². The number of aromatic nitrogens is 4. The number of thioether (sulfide) groups is 1. The van der Waals surface area contributed by atoms with Crippen LogP contribution in [0.15, 0.2) is 47.9 Å². The molecule has 1 amide bonds. The maximum Gasteiger partial charge on any atom is 0.233 e. The van der Waals surface area contributed by atoms with Gasteiger partial charge in [-0.1, -0.05) is 35.0 Å². The van der Waals surface area contributed by atoms with Crippen molar-refractivity contribution >= 4 is 40.9 Å². The van der Waals surface area contributed by atoms with Gasteiger partial charge in [-0.3, -0.25) is 14.3 Å². The fourth-order valence-corrected chi connectivity index (χ4v) is 3.84. The zero-order valence-electron chi connectivity index (χ0n) is 15.5. The first-order valence-electron chi connectivity index (χ1n) is 8.77. The number of hydrogen-bond donors (Lipinski definition) is 0. The first kappa shape index (κ1) is 20.6. The Morgan fingerprint density at radius 3 is 2.57 bits per heavy atom. The second-order valence-corrected chi connectivity index (χ2v) is 7.59. The first-order valence-corrected chi connectivity index (χ1v) is 10.5. The lowest BCUT2D eigenvalue weighted by atomic mass is 10.2. The molecule has 0 atom stereocenters. The molecule has 0 aliphatic heterocycles. The zero-order chi connectivity index (χ0) is 20.1. The lowest BCUT2D eigenvalue weighted by Crippen LogP contribution is -2.31. The van der Waals surface area contributed by atoms with E-state index in [4.69, 9.17) is 23.2 Å². The minimum Gasteiger partial charge on any atom is -0.343 e. The minimum atomic E-state index is 0.0571. The number of amides is 1. The van der Waals surface area contributed by atoms with Crippen LogP contribution in [0.2, 0.25) is 10.0 Å². The van der Waals surface area contributed by atoms with Gasteiger partial charge in [0.2, 0.25) is 5.91 Å². The van der Waals surface area contributed by atoms with Gasteiger partial charge in [0, 0.05) is 31.0 Å². The maximum absolute atomic E-state index is 12.4. The topological polar surface area (TPSA) is 63.9 Å². The van der Waals surface area contributed by atoms with Crippen LogP contribution in [0.1, 0.15) is 13.8 Å². The lowest BCUT2D eigenvalue weighted by Gasteiger charge is -2.18. The summed E-state index contributed by atoms with van der Waals surface area (Å²) in [5, 5.41) is 10.1. The van der Waals surface area contributed by atoms with Crippen LogP contribution in [0, 0.1) is 0 Å². The smallest absolute Gasteiger partial charge is 0.233 e. The van der Waals surface area contributed by atoms with E-state index >= 15 is 0 Å². The first-order chi connectivity index (χ1) is 13.5. The second-order valence-electron chi connectivity index (χ2n) is 5.84. The molecule has 1 aromatic carbocycles. The third-order valence-electron chi connectivity index (χ3n) is 4.16. The van der Waals surface area contributed by atoms with Crippen molar-refractivity contribution in [3.63, 3.8) is 0 Å². The van der Waals surface area contributed by atoms with Crippen LogP contribution in [0.4, 0.5) is 0 Å². The second kappa shape index (κ2) is 9.41. The standard InChI is InChI=1S/C19H19Cl2N5OS/c1-3-25(4-2)17(27)12-28-19-24-23-18(13-6-5-9-22-11-13)26(19)14-7-8-15(20)16(21)10-14/h5-11H,3-4,12H2,1-2H3. The Kier molecular flexibility index (Phi) is 6.93. The molecule has 9 heteroatoms.